The zero-order chi connectivity index (χ0) is 32.6. The second-order valence-corrected chi connectivity index (χ2v) is 15.2. The highest BCUT2D eigenvalue weighted by Crippen LogP contribution is 2.46. The number of hydrogen-bond acceptors (Lipinski definition) is 9. The molecule has 3 N–H and O–H groups in total. The summed E-state index contributed by atoms with van der Waals surface area (Å²) in [7, 11) is -4.53. The average molecular weight is 666 g/mol. The van der Waals surface area contributed by atoms with Crippen molar-refractivity contribution in [1.82, 2.24) is 9.84 Å². The number of sulfonamides is 1. The Balaban J connectivity index is 1.40. The lowest BCUT2D eigenvalue weighted by atomic mass is 9.77. The predicted molar refractivity (Wildman–Crippen MR) is 182 cm³/mol. The van der Waals surface area contributed by atoms with E-state index < -0.39 is 26.9 Å². The van der Waals surface area contributed by atoms with E-state index in [9.17, 15) is 23.3 Å². The molecule has 1 aliphatic heterocycles. The molecule has 12 heteroatoms. The number of hydrazine groups is 1. The molecule has 2 aliphatic rings. The van der Waals surface area contributed by atoms with Gasteiger partial charge in [0.1, 0.15) is 0 Å². The summed E-state index contributed by atoms with van der Waals surface area (Å²) in [5.41, 5.74) is 10.1. The summed E-state index contributed by atoms with van der Waals surface area (Å²) in [5, 5.41) is 11.5. The molecule has 3 aromatic rings. The fraction of sp³-hybridized carbons (Fsp3) is 0.441. The van der Waals surface area contributed by atoms with Gasteiger partial charge < -0.3 is 10.6 Å². The zero-order valence-electron chi connectivity index (χ0n) is 26.1. The van der Waals surface area contributed by atoms with Gasteiger partial charge in [0.05, 0.1) is 9.82 Å². The molecule has 0 radical (unpaired) electrons. The molecule has 5 rings (SSSR count). The van der Waals surface area contributed by atoms with Gasteiger partial charge in [-0.2, -0.15) is 12.8 Å². The summed E-state index contributed by atoms with van der Waals surface area (Å²) in [6, 6.07) is 21.2. The van der Waals surface area contributed by atoms with Gasteiger partial charge in [-0.1, -0.05) is 43.5 Å². The van der Waals surface area contributed by atoms with E-state index in [1.54, 1.807) is 23.9 Å². The third-order valence-corrected chi connectivity index (χ3v) is 12.0. The van der Waals surface area contributed by atoms with Crippen molar-refractivity contribution in [3.8, 4) is 0 Å². The molecule has 1 amide bonds. The third-order valence-electron chi connectivity index (χ3n) is 9.22. The van der Waals surface area contributed by atoms with Crippen LogP contribution < -0.4 is 16.1 Å². The Hall–Kier alpha value is -3.45. The number of thioether (sulfide) groups is 1. The molecule has 1 heterocycles. The Morgan fingerprint density at radius 3 is 2.33 bits per heavy atom. The number of nitro groups is 1. The van der Waals surface area contributed by atoms with Crippen LogP contribution in [0.5, 0.6) is 0 Å². The summed E-state index contributed by atoms with van der Waals surface area (Å²) in [4.78, 5) is 27.9. The number of piperidine rings is 1. The van der Waals surface area contributed by atoms with Crippen LogP contribution in [-0.2, 0) is 10.0 Å². The molecule has 3 aromatic carbocycles. The number of nitrogens with two attached hydrogens (primary N) is 1. The van der Waals surface area contributed by atoms with Crippen molar-refractivity contribution in [2.24, 2.45) is 11.1 Å². The highest BCUT2D eigenvalue weighted by molar-refractivity contribution is 7.99. The number of carbonyl (C=O) groups is 1. The number of unbranched alkanes of at least 4 members (excludes halogenated alkanes) is 1. The second kappa shape index (κ2) is 15.4. The normalized spacial score (nSPS) is 16.8. The van der Waals surface area contributed by atoms with Crippen LogP contribution in [0.15, 0.2) is 88.7 Å². The zero-order valence-corrected chi connectivity index (χ0v) is 27.7. The number of carbonyl (C=O) groups excluding carboxylic acids is 1. The number of nitrogens with one attached hydrogen (secondary N) is 1. The highest BCUT2D eigenvalue weighted by Gasteiger charge is 2.37. The van der Waals surface area contributed by atoms with E-state index in [0.717, 1.165) is 42.6 Å². The molecule has 1 saturated heterocycles. The molecule has 1 spiro atoms. The van der Waals surface area contributed by atoms with E-state index in [1.165, 1.54) is 56.7 Å². The summed E-state index contributed by atoms with van der Waals surface area (Å²) >= 11 is 1.55. The molecular formula is C34H43N5O5S2. The highest BCUT2D eigenvalue weighted by atomic mass is 32.2. The molecule has 2 fully saturated rings. The van der Waals surface area contributed by atoms with Crippen molar-refractivity contribution in [1.29, 1.82) is 0 Å². The van der Waals surface area contributed by atoms with Crippen LogP contribution in [0.4, 0.5) is 11.4 Å². The minimum Gasteiger partial charge on any atom is -0.371 e. The van der Waals surface area contributed by atoms with Gasteiger partial charge in [-0.3, -0.25) is 14.9 Å². The quantitative estimate of drug-likeness (QED) is 0.0869. The molecule has 0 unspecified atom stereocenters. The van der Waals surface area contributed by atoms with Crippen molar-refractivity contribution in [2.75, 3.05) is 30.3 Å². The van der Waals surface area contributed by atoms with Gasteiger partial charge in [0.2, 0.25) is 0 Å². The van der Waals surface area contributed by atoms with Gasteiger partial charge in [0, 0.05) is 53.2 Å². The predicted octanol–water partition coefficient (Wildman–Crippen LogP) is 6.38. The van der Waals surface area contributed by atoms with Crippen molar-refractivity contribution in [3.05, 3.63) is 94.5 Å². The number of benzene rings is 3. The van der Waals surface area contributed by atoms with E-state index in [1.807, 2.05) is 42.5 Å². The van der Waals surface area contributed by atoms with Gasteiger partial charge in [0.15, 0.2) is 0 Å². The molecule has 1 aliphatic carbocycles. The Labute approximate surface area is 275 Å². The van der Waals surface area contributed by atoms with Gasteiger partial charge in [0.25, 0.3) is 21.6 Å². The number of anilines is 1. The molecule has 0 bridgehead atoms. The minimum atomic E-state index is -4.53. The van der Waals surface area contributed by atoms with E-state index in [0.29, 0.717) is 28.5 Å². The van der Waals surface area contributed by atoms with Gasteiger partial charge in [-0.05, 0) is 92.9 Å². The maximum atomic E-state index is 14.1. The molecule has 46 heavy (non-hydrogen) atoms. The fourth-order valence-electron chi connectivity index (χ4n) is 6.50. The van der Waals surface area contributed by atoms with E-state index in [-0.39, 0.29) is 16.1 Å². The van der Waals surface area contributed by atoms with Crippen LogP contribution in [0.1, 0.15) is 68.1 Å². The van der Waals surface area contributed by atoms with Gasteiger partial charge >= 0.3 is 0 Å². The first-order valence-corrected chi connectivity index (χ1v) is 18.5. The van der Waals surface area contributed by atoms with Crippen LogP contribution in [-0.4, -0.2) is 55.1 Å². The molecule has 10 nitrogen and oxygen atoms in total. The number of amides is 1. The van der Waals surface area contributed by atoms with Gasteiger partial charge in [-0.25, -0.2) is 5.43 Å². The first kappa shape index (κ1) is 33.9. The van der Waals surface area contributed by atoms with Crippen LogP contribution in [0.25, 0.3) is 0 Å². The first-order chi connectivity index (χ1) is 22.2. The van der Waals surface area contributed by atoms with Crippen molar-refractivity contribution >= 4 is 39.1 Å². The standard InChI is InChI=1S/C34H43N5O5S2/c35-22-7-4-9-28(26-45-31-11-2-1-3-12-31)36-38(46(43,44)32-13-8-10-30(25-32)39(41)42)33(40)27-14-16-29(17-15-27)37-23-20-34(21-24-37)18-5-6-19-34/h1-3,8,10-17,25,28,36H,4-7,9,18-24,26,35H2/t28-/m1/s1. The number of rotatable bonds is 14. The summed E-state index contributed by atoms with van der Waals surface area (Å²) < 4.78 is 28.8. The van der Waals surface area contributed by atoms with E-state index >= 15 is 0 Å². The molecule has 1 saturated carbocycles. The number of nitro benzene ring substituents is 1. The summed E-state index contributed by atoms with van der Waals surface area (Å²) in [6.45, 7) is 2.43. The Morgan fingerprint density at radius 1 is 0.978 bits per heavy atom. The lowest BCUT2D eigenvalue weighted by Gasteiger charge is -2.40. The average Bonchev–Trinajstić information content (AvgIpc) is 3.54. The lowest BCUT2D eigenvalue weighted by Crippen LogP contribution is -2.52. The van der Waals surface area contributed by atoms with Crippen molar-refractivity contribution in [2.45, 2.75) is 73.6 Å². The fourth-order valence-corrected chi connectivity index (χ4v) is 8.82. The SMILES string of the molecule is NCCCC[C@H](CSc1ccccc1)NN(C(=O)c1ccc(N2CCC3(CCCC3)CC2)cc1)S(=O)(=O)c1cccc([N+](=O)[O-])c1. The van der Waals surface area contributed by atoms with Crippen LogP contribution in [0.2, 0.25) is 0 Å². The second-order valence-electron chi connectivity index (χ2n) is 12.3. The molecular weight excluding hydrogens is 623 g/mol. The molecule has 246 valence electrons. The smallest absolute Gasteiger partial charge is 0.282 e. The van der Waals surface area contributed by atoms with Crippen molar-refractivity contribution < 1.29 is 18.1 Å². The lowest BCUT2D eigenvalue weighted by molar-refractivity contribution is -0.385. The van der Waals surface area contributed by atoms with E-state index in [2.05, 4.69) is 10.3 Å². The largest absolute Gasteiger partial charge is 0.371 e. The summed E-state index contributed by atoms with van der Waals surface area (Å²) in [5.74, 6) is -0.270. The van der Waals surface area contributed by atoms with Crippen LogP contribution >= 0.6 is 11.8 Å². The van der Waals surface area contributed by atoms with Crippen molar-refractivity contribution in [3.63, 3.8) is 0 Å². The maximum absolute atomic E-state index is 14.1. The van der Waals surface area contributed by atoms with Gasteiger partial charge in [-0.15, -0.1) is 11.8 Å². The third kappa shape index (κ3) is 8.28. The number of hydrogen-bond donors (Lipinski definition) is 2. The minimum absolute atomic E-state index is 0.200. The van der Waals surface area contributed by atoms with E-state index in [4.69, 9.17) is 5.73 Å². The maximum Gasteiger partial charge on any atom is 0.282 e. The number of nitrogens with zero attached hydrogens (tertiary/aromatic N) is 3. The molecule has 1 atom stereocenters. The Morgan fingerprint density at radius 2 is 1.67 bits per heavy atom. The number of non-ortho nitro benzene ring substituents is 1. The topological polar surface area (TPSA) is 139 Å². The molecule has 0 aromatic heterocycles. The summed E-state index contributed by atoms with van der Waals surface area (Å²) in [6.07, 6.45) is 9.64. The monoisotopic (exact) mass is 665 g/mol. The Bertz CT molecular complexity index is 1570. The van der Waals surface area contributed by atoms with Crippen LogP contribution in [0.3, 0.4) is 0 Å². The van der Waals surface area contributed by atoms with Crippen LogP contribution in [0, 0.1) is 15.5 Å². The first-order valence-electron chi connectivity index (χ1n) is 16.0. The Kier molecular flexibility index (Phi) is 11.4.